The molecule has 0 unspecified atom stereocenters. The third-order valence-corrected chi connectivity index (χ3v) is 5.13. The van der Waals surface area contributed by atoms with Gasteiger partial charge in [-0.15, -0.1) is 0 Å². The van der Waals surface area contributed by atoms with Crippen LogP contribution in [0.15, 0.2) is 17.3 Å². The maximum absolute atomic E-state index is 12.0. The molecule has 1 aliphatic carbocycles. The van der Waals surface area contributed by atoms with E-state index in [2.05, 4.69) is 19.8 Å². The van der Waals surface area contributed by atoms with Crippen LogP contribution in [0.1, 0.15) is 25.7 Å². The SMILES string of the molecule is O=S(=O)(NC1CCN(C2CC2)CC1)c1ccn[nH]1. The van der Waals surface area contributed by atoms with Crippen molar-refractivity contribution in [2.24, 2.45) is 0 Å². The standard InChI is InChI=1S/C11H18N4O2S/c16-18(17,11-3-6-12-13-11)14-9-4-7-15(8-5-9)10-1-2-10/h3,6,9-10,14H,1-2,4-5,7-8H2,(H,12,13). The van der Waals surface area contributed by atoms with E-state index in [9.17, 15) is 8.42 Å². The first-order valence-electron chi connectivity index (χ1n) is 6.41. The maximum Gasteiger partial charge on any atom is 0.257 e. The van der Waals surface area contributed by atoms with Crippen LogP contribution in [0, 0.1) is 0 Å². The molecule has 7 heteroatoms. The summed E-state index contributed by atoms with van der Waals surface area (Å²) < 4.78 is 26.7. The maximum atomic E-state index is 12.0. The van der Waals surface area contributed by atoms with Crippen molar-refractivity contribution in [2.75, 3.05) is 13.1 Å². The fourth-order valence-electron chi connectivity index (χ4n) is 2.50. The van der Waals surface area contributed by atoms with Gasteiger partial charge in [-0.25, -0.2) is 13.1 Å². The van der Waals surface area contributed by atoms with E-state index >= 15 is 0 Å². The number of hydrogen-bond acceptors (Lipinski definition) is 4. The van der Waals surface area contributed by atoms with Crippen molar-refractivity contribution < 1.29 is 8.42 Å². The minimum Gasteiger partial charge on any atom is -0.300 e. The Kier molecular flexibility index (Phi) is 3.13. The smallest absolute Gasteiger partial charge is 0.257 e. The molecule has 0 aromatic carbocycles. The molecule has 100 valence electrons. The summed E-state index contributed by atoms with van der Waals surface area (Å²) in [5.74, 6) is 0. The number of nitrogens with one attached hydrogen (secondary N) is 2. The molecule has 0 radical (unpaired) electrons. The van der Waals surface area contributed by atoms with Crippen LogP contribution in [0.3, 0.4) is 0 Å². The van der Waals surface area contributed by atoms with Gasteiger partial charge in [-0.3, -0.25) is 5.10 Å². The zero-order valence-corrected chi connectivity index (χ0v) is 11.0. The van der Waals surface area contributed by atoms with Crippen LogP contribution >= 0.6 is 0 Å². The van der Waals surface area contributed by atoms with Crippen molar-refractivity contribution in [1.29, 1.82) is 0 Å². The molecular formula is C11H18N4O2S. The van der Waals surface area contributed by atoms with Crippen LogP contribution in [0.5, 0.6) is 0 Å². The van der Waals surface area contributed by atoms with Crippen molar-refractivity contribution >= 4 is 10.0 Å². The summed E-state index contributed by atoms with van der Waals surface area (Å²) in [5.41, 5.74) is 0. The summed E-state index contributed by atoms with van der Waals surface area (Å²) in [6.45, 7) is 2.00. The quantitative estimate of drug-likeness (QED) is 0.825. The number of aromatic nitrogens is 2. The van der Waals surface area contributed by atoms with E-state index in [4.69, 9.17) is 0 Å². The zero-order valence-electron chi connectivity index (χ0n) is 10.2. The number of aromatic amines is 1. The second-order valence-corrected chi connectivity index (χ2v) is 6.77. The number of hydrogen-bond donors (Lipinski definition) is 2. The van der Waals surface area contributed by atoms with Crippen LogP contribution in [0.4, 0.5) is 0 Å². The summed E-state index contributed by atoms with van der Waals surface area (Å²) in [7, 11) is -3.43. The second kappa shape index (κ2) is 4.64. The summed E-state index contributed by atoms with van der Waals surface area (Å²) in [6, 6.07) is 2.30. The lowest BCUT2D eigenvalue weighted by Crippen LogP contribution is -2.45. The van der Waals surface area contributed by atoms with Gasteiger partial charge in [0.15, 0.2) is 5.03 Å². The number of H-pyrrole nitrogens is 1. The van der Waals surface area contributed by atoms with Crippen LogP contribution in [-0.4, -0.2) is 48.7 Å². The highest BCUT2D eigenvalue weighted by Crippen LogP contribution is 2.29. The first-order valence-corrected chi connectivity index (χ1v) is 7.89. The number of sulfonamides is 1. The molecule has 2 N–H and O–H groups in total. The Bertz CT molecular complexity index is 487. The number of likely N-dealkylation sites (tertiary alicyclic amines) is 1. The molecule has 1 aromatic rings. The average molecular weight is 270 g/mol. The zero-order chi connectivity index (χ0) is 12.6. The van der Waals surface area contributed by atoms with Crippen molar-refractivity contribution in [1.82, 2.24) is 19.8 Å². The molecular weight excluding hydrogens is 252 g/mol. The van der Waals surface area contributed by atoms with Crippen molar-refractivity contribution in [3.8, 4) is 0 Å². The molecule has 1 aromatic heterocycles. The molecule has 0 spiro atoms. The molecule has 0 atom stereocenters. The largest absolute Gasteiger partial charge is 0.300 e. The molecule has 0 amide bonds. The van der Waals surface area contributed by atoms with Gasteiger partial charge in [-0.05, 0) is 44.8 Å². The lowest BCUT2D eigenvalue weighted by atomic mass is 10.1. The Morgan fingerprint density at radius 2 is 2.00 bits per heavy atom. The van der Waals surface area contributed by atoms with E-state index in [1.54, 1.807) is 0 Å². The molecule has 0 bridgehead atoms. The minimum atomic E-state index is -3.43. The van der Waals surface area contributed by atoms with Crippen LogP contribution < -0.4 is 4.72 Å². The van der Waals surface area contributed by atoms with E-state index in [-0.39, 0.29) is 11.1 Å². The predicted molar refractivity (Wildman–Crippen MR) is 66.5 cm³/mol. The highest BCUT2D eigenvalue weighted by Gasteiger charge is 2.33. The van der Waals surface area contributed by atoms with Gasteiger partial charge < -0.3 is 4.90 Å². The predicted octanol–water partition coefficient (Wildman–Crippen LogP) is 0.315. The van der Waals surface area contributed by atoms with Gasteiger partial charge in [0.1, 0.15) is 0 Å². The normalized spacial score (nSPS) is 23.3. The lowest BCUT2D eigenvalue weighted by Gasteiger charge is -2.32. The molecule has 2 fully saturated rings. The number of piperidine rings is 1. The molecule has 1 saturated carbocycles. The van der Waals surface area contributed by atoms with E-state index in [1.165, 1.54) is 25.1 Å². The van der Waals surface area contributed by atoms with Gasteiger partial charge >= 0.3 is 0 Å². The fourth-order valence-corrected chi connectivity index (χ4v) is 3.71. The Morgan fingerprint density at radius 1 is 1.28 bits per heavy atom. The first-order chi connectivity index (χ1) is 8.65. The van der Waals surface area contributed by atoms with Gasteiger partial charge in [0.2, 0.25) is 0 Å². The monoisotopic (exact) mass is 270 g/mol. The van der Waals surface area contributed by atoms with Crippen molar-refractivity contribution in [2.45, 2.75) is 42.8 Å². The Morgan fingerprint density at radius 3 is 2.56 bits per heavy atom. The van der Waals surface area contributed by atoms with Crippen LogP contribution in [-0.2, 0) is 10.0 Å². The van der Waals surface area contributed by atoms with Gasteiger partial charge in [0, 0.05) is 12.1 Å². The van der Waals surface area contributed by atoms with Gasteiger partial charge in [0.25, 0.3) is 10.0 Å². The Labute approximate surface area is 107 Å². The van der Waals surface area contributed by atoms with Gasteiger partial charge in [-0.1, -0.05) is 0 Å². The molecule has 1 saturated heterocycles. The van der Waals surface area contributed by atoms with Crippen LogP contribution in [0.25, 0.3) is 0 Å². The summed E-state index contributed by atoms with van der Waals surface area (Å²) >= 11 is 0. The first kappa shape index (κ1) is 12.1. The van der Waals surface area contributed by atoms with E-state index in [0.717, 1.165) is 32.0 Å². The number of rotatable bonds is 4. The molecule has 18 heavy (non-hydrogen) atoms. The second-order valence-electron chi connectivity index (χ2n) is 5.08. The highest BCUT2D eigenvalue weighted by molar-refractivity contribution is 7.89. The summed E-state index contributed by atoms with van der Waals surface area (Å²) in [5, 5.41) is 6.31. The fraction of sp³-hybridized carbons (Fsp3) is 0.727. The topological polar surface area (TPSA) is 78.1 Å². The summed E-state index contributed by atoms with van der Waals surface area (Å²) in [4.78, 5) is 2.47. The third-order valence-electron chi connectivity index (χ3n) is 3.68. The lowest BCUT2D eigenvalue weighted by molar-refractivity contribution is 0.199. The van der Waals surface area contributed by atoms with Crippen LogP contribution in [0.2, 0.25) is 0 Å². The third kappa shape index (κ3) is 2.57. The molecule has 2 heterocycles. The Hall–Kier alpha value is -0.920. The van der Waals surface area contributed by atoms with E-state index in [0.29, 0.717) is 0 Å². The van der Waals surface area contributed by atoms with E-state index < -0.39 is 10.0 Å². The summed E-state index contributed by atoms with van der Waals surface area (Å²) in [6.07, 6.45) is 5.85. The molecule has 1 aliphatic heterocycles. The molecule has 3 rings (SSSR count). The van der Waals surface area contributed by atoms with Gasteiger partial charge in [-0.2, -0.15) is 5.10 Å². The molecule has 6 nitrogen and oxygen atoms in total. The average Bonchev–Trinajstić information content (AvgIpc) is 3.04. The highest BCUT2D eigenvalue weighted by atomic mass is 32.2. The van der Waals surface area contributed by atoms with Crippen molar-refractivity contribution in [3.63, 3.8) is 0 Å². The minimum absolute atomic E-state index is 0.0494. The number of nitrogens with zero attached hydrogens (tertiary/aromatic N) is 2. The van der Waals surface area contributed by atoms with E-state index in [1.807, 2.05) is 0 Å². The Balaban J connectivity index is 1.57. The van der Waals surface area contributed by atoms with Crippen molar-refractivity contribution in [3.05, 3.63) is 12.3 Å². The van der Waals surface area contributed by atoms with Gasteiger partial charge in [0.05, 0.1) is 6.20 Å². The molecule has 2 aliphatic rings.